The smallest absolute Gasteiger partial charge is 0.493 e. The topological polar surface area (TPSA) is 71.3 Å². The normalized spacial score (nSPS) is 17.3. The Morgan fingerprint density at radius 3 is 2.23 bits per heavy atom. The molecule has 4 rings (SSSR count). The van der Waals surface area contributed by atoms with Crippen LogP contribution in [0.4, 0.5) is 0 Å². The van der Waals surface area contributed by atoms with Gasteiger partial charge < -0.3 is 18.8 Å². The van der Waals surface area contributed by atoms with Gasteiger partial charge in [-0.05, 0) is 57.4 Å². The van der Waals surface area contributed by atoms with E-state index in [1.165, 1.54) is 10.5 Å². The van der Waals surface area contributed by atoms with Crippen LogP contribution in [0.5, 0.6) is 11.5 Å². The number of hydrogen-bond donors (Lipinski definition) is 0. The molecule has 0 bridgehead atoms. The molecule has 3 aromatic rings. The second-order valence-corrected chi connectivity index (χ2v) is 8.33. The van der Waals surface area contributed by atoms with Crippen LogP contribution >= 0.6 is 0 Å². The van der Waals surface area contributed by atoms with Crippen LogP contribution in [0.3, 0.4) is 0 Å². The van der Waals surface area contributed by atoms with Gasteiger partial charge in [-0.25, -0.2) is 4.98 Å². The number of pyridine rings is 1. The zero-order valence-corrected chi connectivity index (χ0v) is 18.1. The predicted octanol–water partition coefficient (Wildman–Crippen LogP) is 2.68. The van der Waals surface area contributed by atoms with Crippen LogP contribution in [0.15, 0.2) is 47.4 Å². The summed E-state index contributed by atoms with van der Waals surface area (Å²) in [6.45, 7) is 7.99. The lowest BCUT2D eigenvalue weighted by Crippen LogP contribution is -2.41. The molecule has 0 atom stereocenters. The molecule has 0 N–H and O–H groups in total. The quantitative estimate of drug-likeness (QED) is 0.619. The van der Waals surface area contributed by atoms with Gasteiger partial charge >= 0.3 is 7.12 Å². The molecule has 1 saturated heterocycles. The van der Waals surface area contributed by atoms with Crippen LogP contribution in [0, 0.1) is 0 Å². The molecule has 1 aliphatic heterocycles. The molecule has 0 aliphatic carbocycles. The lowest BCUT2D eigenvalue weighted by atomic mass is 9.80. The minimum atomic E-state index is -0.545. The summed E-state index contributed by atoms with van der Waals surface area (Å²) in [7, 11) is 2.61. The molecule has 0 unspecified atom stereocenters. The maximum atomic E-state index is 12.9. The van der Waals surface area contributed by atoms with Gasteiger partial charge in [0, 0.05) is 17.8 Å². The van der Waals surface area contributed by atoms with E-state index in [-0.39, 0.29) is 5.56 Å². The summed E-state index contributed by atoms with van der Waals surface area (Å²) in [4.78, 5) is 17.5. The van der Waals surface area contributed by atoms with Crippen molar-refractivity contribution in [3.63, 3.8) is 0 Å². The fraction of sp³-hybridized carbons (Fsp3) is 0.364. The van der Waals surface area contributed by atoms with Crippen LogP contribution in [-0.2, 0) is 9.31 Å². The SMILES string of the molecule is COc1ccc(-c2cc(=O)n3cc(B4OC(C)(C)C(C)(C)O4)ccc3n2)cc1OC. The highest BCUT2D eigenvalue weighted by atomic mass is 16.7. The minimum Gasteiger partial charge on any atom is -0.493 e. The van der Waals surface area contributed by atoms with E-state index in [4.69, 9.17) is 18.8 Å². The molecule has 8 heteroatoms. The van der Waals surface area contributed by atoms with Crippen molar-refractivity contribution in [3.8, 4) is 22.8 Å². The monoisotopic (exact) mass is 408 g/mol. The number of methoxy groups -OCH3 is 2. The fourth-order valence-corrected chi connectivity index (χ4v) is 3.38. The molecule has 0 saturated carbocycles. The number of ether oxygens (including phenoxy) is 2. The van der Waals surface area contributed by atoms with Gasteiger partial charge in [-0.2, -0.15) is 0 Å². The van der Waals surface area contributed by atoms with Crippen molar-refractivity contribution in [2.75, 3.05) is 14.2 Å². The lowest BCUT2D eigenvalue weighted by molar-refractivity contribution is 0.00578. The first-order chi connectivity index (χ1) is 14.1. The van der Waals surface area contributed by atoms with Gasteiger partial charge in [0.1, 0.15) is 5.65 Å². The van der Waals surface area contributed by atoms with Gasteiger partial charge in [0.05, 0.1) is 31.1 Å². The van der Waals surface area contributed by atoms with Gasteiger partial charge in [-0.1, -0.05) is 6.07 Å². The third kappa shape index (κ3) is 3.36. The van der Waals surface area contributed by atoms with Crippen molar-refractivity contribution in [1.82, 2.24) is 9.38 Å². The Kier molecular flexibility index (Phi) is 4.87. The van der Waals surface area contributed by atoms with Gasteiger partial charge in [0.2, 0.25) is 0 Å². The van der Waals surface area contributed by atoms with Crippen molar-refractivity contribution >= 4 is 18.2 Å². The highest BCUT2D eigenvalue weighted by molar-refractivity contribution is 6.62. The number of nitrogens with zero attached hydrogens (tertiary/aromatic N) is 2. The summed E-state index contributed by atoms with van der Waals surface area (Å²) in [5.74, 6) is 1.19. The number of benzene rings is 1. The summed E-state index contributed by atoms with van der Waals surface area (Å²) in [6, 6.07) is 10.6. The first kappa shape index (κ1) is 20.4. The second kappa shape index (κ2) is 7.14. The Labute approximate surface area is 175 Å². The molecule has 2 aromatic heterocycles. The first-order valence-corrected chi connectivity index (χ1v) is 9.76. The predicted molar refractivity (Wildman–Crippen MR) is 116 cm³/mol. The van der Waals surface area contributed by atoms with Crippen LogP contribution < -0.4 is 20.5 Å². The summed E-state index contributed by atoms with van der Waals surface area (Å²) >= 11 is 0. The molecule has 1 aromatic carbocycles. The van der Waals surface area contributed by atoms with E-state index in [9.17, 15) is 4.79 Å². The number of hydrogen-bond acceptors (Lipinski definition) is 6. The molecule has 0 spiro atoms. The van der Waals surface area contributed by atoms with Crippen LogP contribution in [0.2, 0.25) is 0 Å². The maximum absolute atomic E-state index is 12.9. The molecule has 0 radical (unpaired) electrons. The summed E-state index contributed by atoms with van der Waals surface area (Å²) in [5.41, 5.74) is 1.53. The van der Waals surface area contributed by atoms with Gasteiger partial charge in [0.25, 0.3) is 5.56 Å². The van der Waals surface area contributed by atoms with E-state index < -0.39 is 18.3 Å². The van der Waals surface area contributed by atoms with Crippen molar-refractivity contribution in [1.29, 1.82) is 0 Å². The van der Waals surface area contributed by atoms with Gasteiger partial charge in [-0.15, -0.1) is 0 Å². The largest absolute Gasteiger partial charge is 0.496 e. The molecule has 0 amide bonds. The van der Waals surface area contributed by atoms with E-state index in [1.807, 2.05) is 39.8 Å². The standard InChI is InChI=1S/C22H25BN2O5/c1-21(2)22(3,4)30-23(29-21)15-8-10-19-24-16(12-20(26)25(19)13-15)14-7-9-17(27-5)18(11-14)28-6/h7-13H,1-6H3. The van der Waals surface area contributed by atoms with E-state index in [0.29, 0.717) is 22.8 Å². The molecular formula is C22H25BN2O5. The average molecular weight is 408 g/mol. The zero-order chi connectivity index (χ0) is 21.7. The average Bonchev–Trinajstić information content (AvgIpc) is 2.94. The van der Waals surface area contributed by atoms with Gasteiger partial charge in [-0.3, -0.25) is 9.20 Å². The molecule has 3 heterocycles. The van der Waals surface area contributed by atoms with Crippen molar-refractivity contribution in [2.45, 2.75) is 38.9 Å². The zero-order valence-electron chi connectivity index (χ0n) is 18.1. The van der Waals surface area contributed by atoms with Gasteiger partial charge in [0.15, 0.2) is 11.5 Å². The number of aromatic nitrogens is 2. The summed E-state index contributed by atoms with van der Waals surface area (Å²) < 4.78 is 24.3. The molecule has 156 valence electrons. The van der Waals surface area contributed by atoms with E-state index in [2.05, 4.69) is 4.98 Å². The third-order valence-electron chi connectivity index (χ3n) is 5.89. The van der Waals surface area contributed by atoms with E-state index in [0.717, 1.165) is 11.0 Å². The highest BCUT2D eigenvalue weighted by Crippen LogP contribution is 2.36. The third-order valence-corrected chi connectivity index (χ3v) is 5.89. The second-order valence-electron chi connectivity index (χ2n) is 8.33. The highest BCUT2D eigenvalue weighted by Gasteiger charge is 2.51. The van der Waals surface area contributed by atoms with Crippen LogP contribution in [0.25, 0.3) is 16.9 Å². The van der Waals surface area contributed by atoms with Crippen molar-refractivity contribution in [3.05, 3.63) is 52.9 Å². The minimum absolute atomic E-state index is 0.192. The van der Waals surface area contributed by atoms with Crippen LogP contribution in [-0.4, -0.2) is 41.9 Å². The Bertz CT molecular complexity index is 1160. The summed E-state index contributed by atoms with van der Waals surface area (Å²) in [6.07, 6.45) is 1.73. The molecule has 1 fully saturated rings. The van der Waals surface area contributed by atoms with E-state index in [1.54, 1.807) is 38.6 Å². The van der Waals surface area contributed by atoms with Crippen molar-refractivity contribution in [2.24, 2.45) is 0 Å². The maximum Gasteiger partial charge on any atom is 0.496 e. The van der Waals surface area contributed by atoms with Crippen LogP contribution in [0.1, 0.15) is 27.7 Å². The molecular weight excluding hydrogens is 383 g/mol. The Morgan fingerprint density at radius 2 is 1.60 bits per heavy atom. The van der Waals surface area contributed by atoms with Crippen molar-refractivity contribution < 1.29 is 18.8 Å². The Morgan fingerprint density at radius 1 is 0.933 bits per heavy atom. The Balaban J connectivity index is 1.73. The molecule has 30 heavy (non-hydrogen) atoms. The van der Waals surface area contributed by atoms with E-state index >= 15 is 0 Å². The lowest BCUT2D eigenvalue weighted by Gasteiger charge is -2.32. The Hall–Kier alpha value is -2.84. The number of rotatable bonds is 4. The number of fused-ring (bicyclic) bond motifs is 1. The first-order valence-electron chi connectivity index (χ1n) is 9.76. The molecule has 7 nitrogen and oxygen atoms in total. The molecule has 1 aliphatic rings. The summed E-state index contributed by atoms with van der Waals surface area (Å²) in [5, 5.41) is 0. The fourth-order valence-electron chi connectivity index (χ4n) is 3.38.